The van der Waals surface area contributed by atoms with E-state index < -0.39 is 0 Å². The molecule has 1 rings (SSSR count). The van der Waals surface area contributed by atoms with Crippen LogP contribution in [0.3, 0.4) is 0 Å². The van der Waals surface area contributed by atoms with Crippen LogP contribution in [0.2, 0.25) is 0 Å². The molecule has 0 saturated heterocycles. The van der Waals surface area contributed by atoms with Crippen LogP contribution >= 0.6 is 15.9 Å². The molecule has 0 aromatic heterocycles. The predicted octanol–water partition coefficient (Wildman–Crippen LogP) is 2.34. The van der Waals surface area contributed by atoms with E-state index in [1.807, 2.05) is 12.1 Å². The summed E-state index contributed by atoms with van der Waals surface area (Å²) in [4.78, 5) is 0. The van der Waals surface area contributed by atoms with Gasteiger partial charge in [0.25, 0.3) is 0 Å². The van der Waals surface area contributed by atoms with E-state index in [4.69, 9.17) is 14.2 Å². The Morgan fingerprint density at radius 1 is 1.33 bits per heavy atom. The Hall–Kier alpha value is -0.820. The van der Waals surface area contributed by atoms with E-state index in [-0.39, 0.29) is 12.6 Å². The van der Waals surface area contributed by atoms with Crippen molar-refractivity contribution in [2.45, 2.75) is 25.9 Å². The van der Waals surface area contributed by atoms with Crippen LogP contribution in [0.1, 0.15) is 18.9 Å². The van der Waals surface area contributed by atoms with Crippen LogP contribution in [0.15, 0.2) is 16.6 Å². The SMILES string of the molecule is CCCOc1c(Br)cc(CNC(CO)COC)cc1OC. The smallest absolute Gasteiger partial charge is 0.175 e. The van der Waals surface area contributed by atoms with Crippen LogP contribution in [0.25, 0.3) is 0 Å². The third kappa shape index (κ3) is 5.82. The van der Waals surface area contributed by atoms with Gasteiger partial charge in [-0.1, -0.05) is 6.92 Å². The average Bonchev–Trinajstić information content (AvgIpc) is 2.49. The highest BCUT2D eigenvalue weighted by atomic mass is 79.9. The quantitative estimate of drug-likeness (QED) is 0.669. The first-order valence-electron chi connectivity index (χ1n) is 6.98. The lowest BCUT2D eigenvalue weighted by atomic mass is 10.2. The molecule has 6 heteroatoms. The Balaban J connectivity index is 2.78. The summed E-state index contributed by atoms with van der Waals surface area (Å²) in [6.07, 6.45) is 0.939. The van der Waals surface area contributed by atoms with E-state index in [2.05, 4.69) is 28.2 Å². The summed E-state index contributed by atoms with van der Waals surface area (Å²) >= 11 is 3.52. The predicted molar refractivity (Wildman–Crippen MR) is 86.1 cm³/mol. The van der Waals surface area contributed by atoms with Crippen LogP contribution in [-0.4, -0.2) is 45.2 Å². The van der Waals surface area contributed by atoms with Crippen LogP contribution in [-0.2, 0) is 11.3 Å². The number of hydrogen-bond donors (Lipinski definition) is 2. The van der Waals surface area contributed by atoms with Crippen molar-refractivity contribution in [2.24, 2.45) is 0 Å². The van der Waals surface area contributed by atoms with Gasteiger partial charge in [-0.3, -0.25) is 0 Å². The van der Waals surface area contributed by atoms with Crippen molar-refractivity contribution < 1.29 is 19.3 Å². The summed E-state index contributed by atoms with van der Waals surface area (Å²) in [5, 5.41) is 12.5. The maximum atomic E-state index is 9.24. The highest BCUT2D eigenvalue weighted by molar-refractivity contribution is 9.10. The van der Waals surface area contributed by atoms with Gasteiger partial charge in [0, 0.05) is 13.7 Å². The minimum Gasteiger partial charge on any atom is -0.493 e. The fraction of sp³-hybridized carbons (Fsp3) is 0.600. The zero-order valence-electron chi connectivity index (χ0n) is 12.8. The van der Waals surface area contributed by atoms with Crippen molar-refractivity contribution in [3.05, 3.63) is 22.2 Å². The van der Waals surface area contributed by atoms with Crippen molar-refractivity contribution in [1.82, 2.24) is 5.32 Å². The summed E-state index contributed by atoms with van der Waals surface area (Å²) in [5.74, 6) is 1.42. The number of methoxy groups -OCH3 is 2. The van der Waals surface area contributed by atoms with Crippen molar-refractivity contribution >= 4 is 15.9 Å². The number of rotatable bonds is 10. The Labute approximate surface area is 134 Å². The van der Waals surface area contributed by atoms with E-state index in [0.717, 1.165) is 22.2 Å². The Morgan fingerprint density at radius 2 is 2.10 bits per heavy atom. The zero-order chi connectivity index (χ0) is 15.7. The number of ether oxygens (including phenoxy) is 3. The van der Waals surface area contributed by atoms with Gasteiger partial charge in [-0.2, -0.15) is 0 Å². The second kappa shape index (κ2) is 10.00. The Kier molecular flexibility index (Phi) is 8.68. The summed E-state index contributed by atoms with van der Waals surface area (Å²) in [6.45, 7) is 3.81. The minimum absolute atomic E-state index is 0.0316. The molecule has 0 bridgehead atoms. The molecular formula is C15H24BrNO4. The molecule has 0 spiro atoms. The van der Waals surface area contributed by atoms with Crippen LogP contribution < -0.4 is 14.8 Å². The van der Waals surface area contributed by atoms with Gasteiger partial charge in [-0.15, -0.1) is 0 Å². The maximum Gasteiger partial charge on any atom is 0.175 e. The molecule has 0 heterocycles. The molecule has 0 radical (unpaired) electrons. The molecule has 21 heavy (non-hydrogen) atoms. The molecule has 0 aliphatic rings. The molecular weight excluding hydrogens is 338 g/mol. The van der Waals surface area contributed by atoms with E-state index in [0.29, 0.717) is 25.5 Å². The van der Waals surface area contributed by atoms with Crippen molar-refractivity contribution in [1.29, 1.82) is 0 Å². The fourth-order valence-electron chi connectivity index (χ4n) is 1.86. The number of nitrogens with one attached hydrogen (secondary N) is 1. The molecule has 2 N–H and O–H groups in total. The number of benzene rings is 1. The first-order valence-corrected chi connectivity index (χ1v) is 7.77. The molecule has 0 saturated carbocycles. The van der Waals surface area contributed by atoms with Gasteiger partial charge in [-0.25, -0.2) is 0 Å². The number of hydrogen-bond acceptors (Lipinski definition) is 5. The van der Waals surface area contributed by atoms with Crippen LogP contribution in [0, 0.1) is 0 Å². The second-order valence-corrected chi connectivity index (χ2v) is 5.53. The Morgan fingerprint density at radius 3 is 2.67 bits per heavy atom. The lowest BCUT2D eigenvalue weighted by Crippen LogP contribution is -2.35. The third-order valence-electron chi connectivity index (χ3n) is 2.92. The zero-order valence-corrected chi connectivity index (χ0v) is 14.4. The van der Waals surface area contributed by atoms with Gasteiger partial charge in [0.2, 0.25) is 0 Å². The largest absolute Gasteiger partial charge is 0.493 e. The van der Waals surface area contributed by atoms with Gasteiger partial charge in [-0.05, 0) is 40.0 Å². The average molecular weight is 362 g/mol. The first kappa shape index (κ1) is 18.2. The number of aliphatic hydroxyl groups is 1. The molecule has 1 aromatic carbocycles. The monoisotopic (exact) mass is 361 g/mol. The molecule has 120 valence electrons. The summed E-state index contributed by atoms with van der Waals surface area (Å²) in [6, 6.07) is 3.84. The molecule has 0 aliphatic carbocycles. The van der Waals surface area contributed by atoms with Crippen LogP contribution in [0.5, 0.6) is 11.5 Å². The van der Waals surface area contributed by atoms with Crippen molar-refractivity contribution in [2.75, 3.05) is 34.0 Å². The first-order chi connectivity index (χ1) is 10.2. The van der Waals surface area contributed by atoms with Crippen molar-refractivity contribution in [3.63, 3.8) is 0 Å². The minimum atomic E-state index is -0.0872. The fourth-order valence-corrected chi connectivity index (χ4v) is 2.46. The van der Waals surface area contributed by atoms with Gasteiger partial charge < -0.3 is 24.6 Å². The molecule has 1 atom stereocenters. The highest BCUT2D eigenvalue weighted by Crippen LogP contribution is 2.36. The van der Waals surface area contributed by atoms with Gasteiger partial charge in [0.05, 0.1) is 37.4 Å². The maximum absolute atomic E-state index is 9.24. The van der Waals surface area contributed by atoms with Crippen LogP contribution in [0.4, 0.5) is 0 Å². The summed E-state index contributed by atoms with van der Waals surface area (Å²) < 4.78 is 17.0. The van der Waals surface area contributed by atoms with E-state index in [9.17, 15) is 5.11 Å². The number of aliphatic hydroxyl groups excluding tert-OH is 1. The van der Waals surface area contributed by atoms with E-state index in [1.54, 1.807) is 14.2 Å². The summed E-state index contributed by atoms with van der Waals surface area (Å²) in [5.41, 5.74) is 1.04. The molecule has 5 nitrogen and oxygen atoms in total. The molecule has 1 unspecified atom stereocenters. The van der Waals surface area contributed by atoms with Gasteiger partial charge >= 0.3 is 0 Å². The number of halogens is 1. The normalized spacial score (nSPS) is 12.2. The lowest BCUT2D eigenvalue weighted by molar-refractivity contribution is 0.128. The lowest BCUT2D eigenvalue weighted by Gasteiger charge is -2.17. The second-order valence-electron chi connectivity index (χ2n) is 4.67. The van der Waals surface area contributed by atoms with Gasteiger partial charge in [0.15, 0.2) is 11.5 Å². The van der Waals surface area contributed by atoms with Gasteiger partial charge in [0.1, 0.15) is 0 Å². The molecule has 1 aromatic rings. The van der Waals surface area contributed by atoms with E-state index >= 15 is 0 Å². The van der Waals surface area contributed by atoms with E-state index in [1.165, 1.54) is 0 Å². The van der Waals surface area contributed by atoms with Crippen molar-refractivity contribution in [3.8, 4) is 11.5 Å². The summed E-state index contributed by atoms with van der Waals surface area (Å²) in [7, 11) is 3.24. The molecule has 0 aliphatic heterocycles. The topological polar surface area (TPSA) is 60.0 Å². The highest BCUT2D eigenvalue weighted by Gasteiger charge is 2.13. The standard InChI is InChI=1S/C15H24BrNO4/c1-4-5-21-15-13(16)6-11(7-14(15)20-3)8-17-12(9-18)10-19-2/h6-7,12,17-18H,4-5,8-10H2,1-3H3. The molecule has 0 amide bonds. The Bertz CT molecular complexity index is 428. The third-order valence-corrected chi connectivity index (χ3v) is 3.51. The molecule has 0 fully saturated rings.